The predicted octanol–water partition coefficient (Wildman–Crippen LogP) is 3.06. The van der Waals surface area contributed by atoms with E-state index < -0.39 is 17.6 Å². The van der Waals surface area contributed by atoms with Gasteiger partial charge in [0, 0.05) is 11.6 Å². The molecule has 0 unspecified atom stereocenters. The number of quaternary nitrogens is 1. The second kappa shape index (κ2) is 9.63. The van der Waals surface area contributed by atoms with Crippen molar-refractivity contribution >= 4 is 12.0 Å². The van der Waals surface area contributed by atoms with Crippen molar-refractivity contribution in [2.75, 3.05) is 26.2 Å². The summed E-state index contributed by atoms with van der Waals surface area (Å²) in [6, 6.07) is 9.65. The molecule has 2 aromatic rings. The quantitative estimate of drug-likeness (QED) is 0.560. The zero-order valence-electron chi connectivity index (χ0n) is 16.4. The molecule has 0 saturated carbocycles. The normalized spacial score (nSPS) is 15.6. The summed E-state index contributed by atoms with van der Waals surface area (Å²) in [5.41, 5.74) is -0.632. The number of furan rings is 1. The molecule has 0 aliphatic carbocycles. The van der Waals surface area contributed by atoms with Crippen LogP contribution in [0.5, 0.6) is 0 Å². The molecule has 2 N–H and O–H groups in total. The molecule has 0 radical (unpaired) electrons. The van der Waals surface area contributed by atoms with E-state index in [1.165, 1.54) is 54.5 Å². The highest BCUT2D eigenvalue weighted by atomic mass is 19.4. The Morgan fingerprint density at radius 3 is 2.67 bits per heavy atom. The first-order valence-corrected chi connectivity index (χ1v) is 9.88. The lowest BCUT2D eigenvalue weighted by atomic mass is 10.1. The molecular formula is C22H23F3N3O2+. The third-order valence-electron chi connectivity index (χ3n) is 5.08. The Bertz CT molecular complexity index is 951. The monoisotopic (exact) mass is 418 g/mol. The van der Waals surface area contributed by atoms with Gasteiger partial charge in [-0.2, -0.15) is 18.4 Å². The SMILES string of the molecule is N#C/C(=C\c1ccc(-c2cccc(C(F)(F)F)c2)o1)C(=O)NCC[NH+]1CCCCC1. The molecule has 0 atom stereocenters. The Morgan fingerprint density at radius 2 is 1.97 bits per heavy atom. The molecule has 1 aliphatic rings. The largest absolute Gasteiger partial charge is 0.457 e. The second-order valence-corrected chi connectivity index (χ2v) is 7.27. The van der Waals surface area contributed by atoms with Crippen LogP contribution in [0.3, 0.4) is 0 Å². The summed E-state index contributed by atoms with van der Waals surface area (Å²) in [5.74, 6) is -0.0551. The fourth-order valence-corrected chi connectivity index (χ4v) is 3.48. The maximum Gasteiger partial charge on any atom is 0.416 e. The number of hydrogen-bond donors (Lipinski definition) is 2. The summed E-state index contributed by atoms with van der Waals surface area (Å²) in [6.45, 7) is 3.48. The lowest BCUT2D eigenvalue weighted by molar-refractivity contribution is -0.903. The molecule has 2 heterocycles. The number of carbonyl (C=O) groups is 1. The number of alkyl halides is 3. The van der Waals surface area contributed by atoms with Gasteiger partial charge in [0.05, 0.1) is 31.7 Å². The van der Waals surface area contributed by atoms with Crippen LogP contribution in [0.2, 0.25) is 0 Å². The van der Waals surface area contributed by atoms with Gasteiger partial charge >= 0.3 is 6.18 Å². The van der Waals surface area contributed by atoms with Crippen LogP contribution in [-0.4, -0.2) is 32.1 Å². The summed E-state index contributed by atoms with van der Waals surface area (Å²) >= 11 is 0. The Morgan fingerprint density at radius 1 is 1.20 bits per heavy atom. The fraction of sp³-hybridized carbons (Fsp3) is 0.364. The number of rotatable bonds is 6. The van der Waals surface area contributed by atoms with Gasteiger partial charge in [0.2, 0.25) is 0 Å². The zero-order valence-corrected chi connectivity index (χ0v) is 16.4. The molecule has 1 amide bonds. The number of piperidine rings is 1. The van der Waals surface area contributed by atoms with E-state index >= 15 is 0 Å². The molecule has 30 heavy (non-hydrogen) atoms. The van der Waals surface area contributed by atoms with Crippen LogP contribution in [0.15, 0.2) is 46.4 Å². The van der Waals surface area contributed by atoms with Crippen molar-refractivity contribution in [1.29, 1.82) is 5.26 Å². The van der Waals surface area contributed by atoms with E-state index in [-0.39, 0.29) is 22.7 Å². The van der Waals surface area contributed by atoms with E-state index in [0.29, 0.717) is 6.54 Å². The van der Waals surface area contributed by atoms with Crippen molar-refractivity contribution in [3.05, 3.63) is 53.3 Å². The molecule has 1 aromatic heterocycles. The highest BCUT2D eigenvalue weighted by Gasteiger charge is 2.30. The van der Waals surface area contributed by atoms with Crippen LogP contribution >= 0.6 is 0 Å². The zero-order chi connectivity index (χ0) is 21.6. The molecule has 0 bridgehead atoms. The van der Waals surface area contributed by atoms with Crippen molar-refractivity contribution in [2.45, 2.75) is 25.4 Å². The van der Waals surface area contributed by atoms with Crippen LogP contribution in [0.4, 0.5) is 13.2 Å². The maximum atomic E-state index is 12.9. The van der Waals surface area contributed by atoms with E-state index in [9.17, 15) is 23.2 Å². The molecule has 158 valence electrons. The molecule has 0 spiro atoms. The van der Waals surface area contributed by atoms with Crippen molar-refractivity contribution in [3.63, 3.8) is 0 Å². The summed E-state index contributed by atoms with van der Waals surface area (Å²) in [4.78, 5) is 13.7. The summed E-state index contributed by atoms with van der Waals surface area (Å²) in [5, 5.41) is 12.1. The number of nitrogens with zero attached hydrogens (tertiary/aromatic N) is 1. The van der Waals surface area contributed by atoms with Gasteiger partial charge in [-0.15, -0.1) is 0 Å². The molecule has 1 aromatic carbocycles. The van der Waals surface area contributed by atoms with Gasteiger partial charge in [0.25, 0.3) is 5.91 Å². The number of nitriles is 1. The van der Waals surface area contributed by atoms with Gasteiger partial charge < -0.3 is 14.6 Å². The Hall–Kier alpha value is -3.05. The number of likely N-dealkylation sites (tertiary alicyclic amines) is 1. The van der Waals surface area contributed by atoms with Gasteiger partial charge in [-0.3, -0.25) is 4.79 Å². The topological polar surface area (TPSA) is 70.5 Å². The minimum Gasteiger partial charge on any atom is -0.457 e. The number of halogens is 3. The lowest BCUT2D eigenvalue weighted by Crippen LogP contribution is -3.13. The molecule has 3 rings (SSSR count). The van der Waals surface area contributed by atoms with Gasteiger partial charge in [0.15, 0.2) is 0 Å². The summed E-state index contributed by atoms with van der Waals surface area (Å²) < 4.78 is 44.2. The third kappa shape index (κ3) is 5.74. The molecule has 1 saturated heterocycles. The van der Waals surface area contributed by atoms with Crippen molar-refractivity contribution in [3.8, 4) is 17.4 Å². The predicted molar refractivity (Wildman–Crippen MR) is 105 cm³/mol. The van der Waals surface area contributed by atoms with Gasteiger partial charge in [-0.25, -0.2) is 0 Å². The van der Waals surface area contributed by atoms with Crippen molar-refractivity contribution in [1.82, 2.24) is 5.32 Å². The van der Waals surface area contributed by atoms with Crippen molar-refractivity contribution in [2.24, 2.45) is 0 Å². The van der Waals surface area contributed by atoms with E-state index in [1.54, 1.807) is 0 Å². The molecule has 1 aliphatic heterocycles. The molecule has 5 nitrogen and oxygen atoms in total. The highest BCUT2D eigenvalue weighted by molar-refractivity contribution is 6.01. The number of carbonyl (C=O) groups excluding carboxylic acids is 1. The van der Waals surface area contributed by atoms with Gasteiger partial charge in [0.1, 0.15) is 23.2 Å². The highest BCUT2D eigenvalue weighted by Crippen LogP contribution is 2.32. The van der Waals surface area contributed by atoms with E-state index in [4.69, 9.17) is 4.42 Å². The number of nitrogens with one attached hydrogen (secondary N) is 2. The van der Waals surface area contributed by atoms with E-state index in [0.717, 1.165) is 31.8 Å². The maximum absolute atomic E-state index is 12.9. The van der Waals surface area contributed by atoms with E-state index in [2.05, 4.69) is 5.32 Å². The average molecular weight is 418 g/mol. The molecule has 1 fully saturated rings. The van der Waals surface area contributed by atoms with Crippen LogP contribution in [0, 0.1) is 11.3 Å². The van der Waals surface area contributed by atoms with Gasteiger partial charge in [-0.05, 0) is 43.5 Å². The van der Waals surface area contributed by atoms with Gasteiger partial charge in [-0.1, -0.05) is 12.1 Å². The first-order valence-electron chi connectivity index (χ1n) is 9.88. The molecular weight excluding hydrogens is 395 g/mol. The van der Waals surface area contributed by atoms with Crippen molar-refractivity contribution < 1.29 is 27.3 Å². The van der Waals surface area contributed by atoms with Crippen LogP contribution in [0.1, 0.15) is 30.6 Å². The average Bonchev–Trinajstić information content (AvgIpc) is 3.21. The van der Waals surface area contributed by atoms with E-state index in [1.807, 2.05) is 6.07 Å². The summed E-state index contributed by atoms with van der Waals surface area (Å²) in [6.07, 6.45) is 0.481. The van der Waals surface area contributed by atoms with Crippen LogP contribution < -0.4 is 10.2 Å². The summed E-state index contributed by atoms with van der Waals surface area (Å²) in [7, 11) is 0. The lowest BCUT2D eigenvalue weighted by Gasteiger charge is -2.23. The minimum absolute atomic E-state index is 0.117. The first-order chi connectivity index (χ1) is 14.4. The smallest absolute Gasteiger partial charge is 0.416 e. The second-order valence-electron chi connectivity index (χ2n) is 7.27. The number of hydrogen-bond acceptors (Lipinski definition) is 3. The number of benzene rings is 1. The van der Waals surface area contributed by atoms with Crippen LogP contribution in [-0.2, 0) is 11.0 Å². The standard InChI is InChI=1S/C22H22F3N3O2/c23-22(24,25)18-6-4-5-16(13-18)20-8-7-19(30-20)14-17(15-26)21(29)27-9-12-28-10-2-1-3-11-28/h4-8,13-14H,1-3,9-12H2,(H,27,29)/p+1/b17-14+. The minimum atomic E-state index is -4.45. The molecule has 8 heteroatoms. The fourth-order valence-electron chi connectivity index (χ4n) is 3.48. The number of amides is 1. The Kier molecular flexibility index (Phi) is 6.95. The Balaban J connectivity index is 1.64. The Labute approximate surface area is 172 Å². The van der Waals surface area contributed by atoms with Crippen LogP contribution in [0.25, 0.3) is 17.4 Å². The first kappa shape index (κ1) is 21.7. The third-order valence-corrected chi connectivity index (χ3v) is 5.08.